The van der Waals surface area contributed by atoms with E-state index in [1.807, 2.05) is 0 Å². The highest BCUT2D eigenvalue weighted by Gasteiger charge is 2.22. The Hall–Kier alpha value is -0.540. The van der Waals surface area contributed by atoms with E-state index < -0.39 is 6.18 Å². The number of halogens is 3. The van der Waals surface area contributed by atoms with Crippen LogP contribution in [0.5, 0.6) is 0 Å². The Labute approximate surface area is 38.9 Å². The molecule has 0 aliphatic heterocycles. The number of nitrogens with zero attached hydrogens (tertiary/aromatic N) is 1. The number of alkyl halides is 3. The van der Waals surface area contributed by atoms with E-state index in [2.05, 4.69) is 4.99 Å². The lowest BCUT2D eigenvalue weighted by Crippen LogP contribution is -2.07. The van der Waals surface area contributed by atoms with E-state index >= 15 is 0 Å². The van der Waals surface area contributed by atoms with Crippen LogP contribution in [0, 0.1) is 0 Å². The summed E-state index contributed by atoms with van der Waals surface area (Å²) < 4.78 is 32.7. The largest absolute Gasteiger partial charge is 0.426 e. The minimum absolute atomic E-state index is 0.0625. The summed E-state index contributed by atoms with van der Waals surface area (Å²) in [6.45, 7) is 0. The molecule has 0 fully saturated rings. The third-order valence-corrected chi connectivity index (χ3v) is 0.275. The average molecular weight is 111 g/mol. The highest BCUT2D eigenvalue weighted by Crippen LogP contribution is 2.09. The fraction of sp³-hybridized carbons (Fsp3) is 0.667. The van der Waals surface area contributed by atoms with Gasteiger partial charge in [-0.2, -0.15) is 13.2 Å². The molecule has 0 aromatic carbocycles. The molecule has 0 heterocycles. The topological polar surface area (TPSA) is 12.4 Å². The third kappa shape index (κ3) is 5.46. The van der Waals surface area contributed by atoms with Gasteiger partial charge in [0.1, 0.15) is 6.21 Å². The van der Waals surface area contributed by atoms with E-state index in [9.17, 15) is 13.2 Å². The Balaban J connectivity index is 3.56. The molecule has 42 valence electrons. The van der Waals surface area contributed by atoms with Crippen molar-refractivity contribution < 1.29 is 13.2 Å². The van der Waals surface area contributed by atoms with Crippen molar-refractivity contribution in [3.63, 3.8) is 0 Å². The summed E-state index contributed by atoms with van der Waals surface area (Å²) >= 11 is 0. The van der Waals surface area contributed by atoms with Crippen LogP contribution in [0.25, 0.3) is 0 Å². The molecule has 1 nitrogen and oxygen atoms in total. The Morgan fingerprint density at radius 2 is 1.86 bits per heavy atom. The highest BCUT2D eigenvalue weighted by atomic mass is 19.4. The lowest BCUT2D eigenvalue weighted by Gasteiger charge is -1.92. The van der Waals surface area contributed by atoms with Gasteiger partial charge in [0.05, 0.1) is 0 Å². The SMILES string of the molecule is CN=CC(F)(F)F. The molecule has 0 saturated heterocycles. The minimum Gasteiger partial charge on any atom is -0.291 e. The number of aliphatic imine (C=N–C) groups is 1. The summed E-state index contributed by atoms with van der Waals surface area (Å²) in [5, 5.41) is 0. The van der Waals surface area contributed by atoms with Gasteiger partial charge in [-0.3, -0.25) is 4.99 Å². The third-order valence-electron chi connectivity index (χ3n) is 0.275. The molecule has 0 rings (SSSR count). The summed E-state index contributed by atoms with van der Waals surface area (Å²) in [4.78, 5) is 2.76. The second-order valence-corrected chi connectivity index (χ2v) is 0.929. The van der Waals surface area contributed by atoms with Crippen LogP contribution < -0.4 is 0 Å². The summed E-state index contributed by atoms with van der Waals surface area (Å²) in [5.74, 6) is 0. The average Bonchev–Trinajstić information content (AvgIpc) is 1.30. The summed E-state index contributed by atoms with van der Waals surface area (Å²) in [6, 6.07) is 0. The van der Waals surface area contributed by atoms with Gasteiger partial charge in [0, 0.05) is 7.05 Å². The van der Waals surface area contributed by atoms with Crippen LogP contribution >= 0.6 is 0 Å². The highest BCUT2D eigenvalue weighted by molar-refractivity contribution is 5.63. The van der Waals surface area contributed by atoms with Gasteiger partial charge in [0.15, 0.2) is 0 Å². The van der Waals surface area contributed by atoms with Crippen LogP contribution in [-0.2, 0) is 0 Å². The molecule has 7 heavy (non-hydrogen) atoms. The second kappa shape index (κ2) is 1.95. The first-order valence-corrected chi connectivity index (χ1v) is 1.56. The smallest absolute Gasteiger partial charge is 0.291 e. The van der Waals surface area contributed by atoms with E-state index in [1.54, 1.807) is 0 Å². The second-order valence-electron chi connectivity index (χ2n) is 0.929. The first kappa shape index (κ1) is 6.46. The Morgan fingerprint density at radius 1 is 1.43 bits per heavy atom. The molecular formula is C3H4F3N. The van der Waals surface area contributed by atoms with Gasteiger partial charge in [0.2, 0.25) is 0 Å². The fourth-order valence-corrected chi connectivity index (χ4v) is 0.146. The zero-order valence-corrected chi connectivity index (χ0v) is 3.66. The van der Waals surface area contributed by atoms with Crippen molar-refractivity contribution in [2.45, 2.75) is 6.18 Å². The summed E-state index contributed by atoms with van der Waals surface area (Å²) in [7, 11) is 1.08. The molecule has 0 unspecified atom stereocenters. The van der Waals surface area contributed by atoms with Crippen LogP contribution in [0.1, 0.15) is 0 Å². The van der Waals surface area contributed by atoms with Crippen molar-refractivity contribution in [1.82, 2.24) is 0 Å². The molecule has 0 aromatic rings. The number of rotatable bonds is 0. The monoisotopic (exact) mass is 111 g/mol. The zero-order valence-electron chi connectivity index (χ0n) is 3.66. The number of hydrogen-bond acceptors (Lipinski definition) is 1. The summed E-state index contributed by atoms with van der Waals surface area (Å²) in [6.07, 6.45) is -4.30. The molecule has 0 atom stereocenters. The maximum atomic E-state index is 10.9. The summed E-state index contributed by atoms with van der Waals surface area (Å²) in [5.41, 5.74) is 0. The minimum atomic E-state index is -4.24. The van der Waals surface area contributed by atoms with Crippen LogP contribution in [0.15, 0.2) is 4.99 Å². The first-order chi connectivity index (χ1) is 3.06. The van der Waals surface area contributed by atoms with Crippen molar-refractivity contribution in [3.8, 4) is 0 Å². The molecule has 0 saturated carbocycles. The maximum absolute atomic E-state index is 10.9. The zero-order chi connectivity index (χ0) is 5.91. The van der Waals surface area contributed by atoms with Gasteiger partial charge in [-0.05, 0) is 0 Å². The molecule has 0 aliphatic rings. The number of hydrogen-bond donors (Lipinski definition) is 0. The standard InChI is InChI=1S/C3H4F3N/c1-7-2-3(4,5)6/h2H,1H3. The quantitative estimate of drug-likeness (QED) is 0.417. The molecule has 0 aliphatic carbocycles. The predicted octanol–water partition coefficient (Wildman–Crippen LogP) is 1.25. The van der Waals surface area contributed by atoms with Crippen molar-refractivity contribution in [3.05, 3.63) is 0 Å². The van der Waals surface area contributed by atoms with Gasteiger partial charge in [-0.1, -0.05) is 0 Å². The van der Waals surface area contributed by atoms with Crippen molar-refractivity contribution in [2.75, 3.05) is 7.05 Å². The molecule has 0 spiro atoms. The van der Waals surface area contributed by atoms with Crippen LogP contribution in [-0.4, -0.2) is 19.4 Å². The first-order valence-electron chi connectivity index (χ1n) is 1.56. The maximum Gasteiger partial charge on any atom is 0.426 e. The molecule has 0 radical (unpaired) electrons. The van der Waals surface area contributed by atoms with Crippen LogP contribution in [0.2, 0.25) is 0 Å². The Morgan fingerprint density at radius 3 is 1.86 bits per heavy atom. The molecule has 4 heteroatoms. The van der Waals surface area contributed by atoms with Crippen LogP contribution in [0.3, 0.4) is 0 Å². The fourth-order valence-electron chi connectivity index (χ4n) is 0.146. The molecule has 0 N–H and O–H groups in total. The molecule has 0 aromatic heterocycles. The Bertz CT molecular complexity index is 72.7. The van der Waals surface area contributed by atoms with E-state index in [-0.39, 0.29) is 6.21 Å². The van der Waals surface area contributed by atoms with E-state index in [0.29, 0.717) is 0 Å². The van der Waals surface area contributed by atoms with E-state index in [1.165, 1.54) is 0 Å². The van der Waals surface area contributed by atoms with Crippen molar-refractivity contribution in [2.24, 2.45) is 4.99 Å². The van der Waals surface area contributed by atoms with Crippen molar-refractivity contribution >= 4 is 6.21 Å². The lowest BCUT2D eigenvalue weighted by atomic mass is 10.7. The van der Waals surface area contributed by atoms with Gasteiger partial charge in [-0.25, -0.2) is 0 Å². The predicted molar refractivity (Wildman–Crippen MR) is 20.5 cm³/mol. The van der Waals surface area contributed by atoms with E-state index in [4.69, 9.17) is 0 Å². The van der Waals surface area contributed by atoms with E-state index in [0.717, 1.165) is 7.05 Å². The molecule has 0 bridgehead atoms. The molecular weight excluding hydrogens is 107 g/mol. The van der Waals surface area contributed by atoms with Crippen LogP contribution in [0.4, 0.5) is 13.2 Å². The van der Waals surface area contributed by atoms with Gasteiger partial charge in [0.25, 0.3) is 0 Å². The Kier molecular flexibility index (Phi) is 1.80. The van der Waals surface area contributed by atoms with Gasteiger partial charge >= 0.3 is 6.18 Å². The lowest BCUT2D eigenvalue weighted by molar-refractivity contribution is -0.0536. The normalized spacial score (nSPS) is 13.1. The molecule has 0 amide bonds. The van der Waals surface area contributed by atoms with Crippen molar-refractivity contribution in [1.29, 1.82) is 0 Å². The van der Waals surface area contributed by atoms with Gasteiger partial charge in [-0.15, -0.1) is 0 Å². The van der Waals surface area contributed by atoms with Gasteiger partial charge < -0.3 is 0 Å².